The highest BCUT2D eigenvalue weighted by atomic mass is 16.3. The number of aromatic nitrogens is 1. The molecule has 0 aliphatic carbocycles. The Morgan fingerprint density at radius 1 is 1.40 bits per heavy atom. The fourth-order valence-corrected chi connectivity index (χ4v) is 3.38. The molecule has 0 spiro atoms. The zero-order valence-corrected chi connectivity index (χ0v) is 14.5. The molecule has 1 aromatic heterocycles. The summed E-state index contributed by atoms with van der Waals surface area (Å²) >= 11 is 0. The molecular weight excluding hydrogens is 318 g/mol. The highest BCUT2D eigenvalue weighted by Crippen LogP contribution is 2.21. The molecule has 1 aromatic carbocycles. The summed E-state index contributed by atoms with van der Waals surface area (Å²) in [5, 5.41) is 13.8. The van der Waals surface area contributed by atoms with Gasteiger partial charge in [0.25, 0.3) is 5.91 Å². The third-order valence-electron chi connectivity index (χ3n) is 4.81. The number of likely N-dealkylation sites (tertiary alicyclic amines) is 1. The largest absolute Gasteiger partial charge is 0.383 e. The van der Waals surface area contributed by atoms with Crippen LogP contribution in [-0.2, 0) is 16.0 Å². The van der Waals surface area contributed by atoms with E-state index in [-0.39, 0.29) is 18.4 Å². The number of nitrogens with one attached hydrogen (secondary N) is 2. The average molecular weight is 343 g/mol. The van der Waals surface area contributed by atoms with Gasteiger partial charge in [0.15, 0.2) is 0 Å². The second-order valence-electron chi connectivity index (χ2n) is 6.68. The van der Waals surface area contributed by atoms with Crippen molar-refractivity contribution in [2.45, 2.75) is 38.7 Å². The third kappa shape index (κ3) is 4.02. The number of hydrogen-bond donors (Lipinski definition) is 3. The van der Waals surface area contributed by atoms with Crippen LogP contribution in [0.2, 0.25) is 0 Å². The number of nitrogens with zero attached hydrogens (tertiary/aromatic N) is 1. The predicted molar refractivity (Wildman–Crippen MR) is 96.2 cm³/mol. The molecule has 1 unspecified atom stereocenters. The van der Waals surface area contributed by atoms with Gasteiger partial charge < -0.3 is 20.3 Å². The molecule has 6 nitrogen and oxygen atoms in total. The number of H-pyrrole nitrogens is 1. The van der Waals surface area contributed by atoms with Crippen molar-refractivity contribution < 1.29 is 14.7 Å². The molecule has 2 amide bonds. The number of aliphatic hydroxyl groups is 1. The van der Waals surface area contributed by atoms with Crippen LogP contribution in [0.25, 0.3) is 10.9 Å². The van der Waals surface area contributed by atoms with Crippen molar-refractivity contribution in [3.05, 3.63) is 35.5 Å². The monoisotopic (exact) mass is 343 g/mol. The normalized spacial score (nSPS) is 18.4. The van der Waals surface area contributed by atoms with E-state index in [9.17, 15) is 14.7 Å². The van der Waals surface area contributed by atoms with E-state index >= 15 is 0 Å². The first-order chi connectivity index (χ1) is 12.1. The minimum Gasteiger partial charge on any atom is -0.383 e. The molecule has 1 saturated heterocycles. The van der Waals surface area contributed by atoms with E-state index in [0.29, 0.717) is 19.5 Å². The van der Waals surface area contributed by atoms with Gasteiger partial charge in [-0.3, -0.25) is 9.59 Å². The number of hydrogen-bond acceptors (Lipinski definition) is 3. The molecule has 1 atom stereocenters. The van der Waals surface area contributed by atoms with E-state index in [2.05, 4.69) is 29.4 Å². The average Bonchev–Trinajstić information content (AvgIpc) is 2.94. The number of carbonyl (C=O) groups is 2. The van der Waals surface area contributed by atoms with Gasteiger partial charge >= 0.3 is 0 Å². The van der Waals surface area contributed by atoms with Crippen LogP contribution in [0, 0.1) is 6.92 Å². The maximum atomic E-state index is 12.1. The number of fused-ring (bicyclic) bond motifs is 1. The molecule has 2 heterocycles. The summed E-state index contributed by atoms with van der Waals surface area (Å²) in [4.78, 5) is 28.9. The summed E-state index contributed by atoms with van der Waals surface area (Å²) in [6.45, 7) is 3.13. The highest BCUT2D eigenvalue weighted by Gasteiger charge is 2.26. The molecule has 6 heteroatoms. The van der Waals surface area contributed by atoms with Crippen LogP contribution < -0.4 is 5.32 Å². The number of carbonyl (C=O) groups excluding carboxylic acids is 2. The van der Waals surface area contributed by atoms with Crippen LogP contribution in [-0.4, -0.2) is 52.5 Å². The van der Waals surface area contributed by atoms with Crippen molar-refractivity contribution in [3.63, 3.8) is 0 Å². The molecule has 0 saturated carbocycles. The lowest BCUT2D eigenvalue weighted by Crippen LogP contribution is -2.44. The maximum absolute atomic E-state index is 12.1. The van der Waals surface area contributed by atoms with Gasteiger partial charge in [-0.15, -0.1) is 0 Å². The Kier molecular flexibility index (Phi) is 5.38. The van der Waals surface area contributed by atoms with Crippen LogP contribution in [0.3, 0.4) is 0 Å². The number of rotatable bonds is 5. The molecule has 1 aliphatic rings. The summed E-state index contributed by atoms with van der Waals surface area (Å²) in [5.41, 5.74) is 3.50. The van der Waals surface area contributed by atoms with Crippen molar-refractivity contribution in [2.24, 2.45) is 0 Å². The number of amides is 2. The third-order valence-corrected chi connectivity index (χ3v) is 4.81. The Balaban J connectivity index is 1.52. The van der Waals surface area contributed by atoms with E-state index in [4.69, 9.17) is 0 Å². The minimum absolute atomic E-state index is 0.0168. The second kappa shape index (κ2) is 7.70. The van der Waals surface area contributed by atoms with Crippen LogP contribution in [0.1, 0.15) is 30.4 Å². The van der Waals surface area contributed by atoms with Gasteiger partial charge in [-0.25, -0.2) is 0 Å². The highest BCUT2D eigenvalue weighted by molar-refractivity contribution is 5.87. The Bertz CT molecular complexity index is 768. The first-order valence-electron chi connectivity index (χ1n) is 8.85. The molecule has 25 heavy (non-hydrogen) atoms. The fraction of sp³-hybridized carbons (Fsp3) is 0.474. The Hall–Kier alpha value is -2.34. The van der Waals surface area contributed by atoms with Gasteiger partial charge in [0.2, 0.25) is 5.91 Å². The van der Waals surface area contributed by atoms with Crippen LogP contribution in [0.4, 0.5) is 0 Å². The molecular formula is C19H25N3O3. The minimum atomic E-state index is -0.968. The second-order valence-corrected chi connectivity index (χ2v) is 6.68. The SMILES string of the molecule is Cc1cccc2c(CCNC(=O)CN3CCCCC(O)C3=O)c[nH]c12. The van der Waals surface area contributed by atoms with Gasteiger partial charge in [0.05, 0.1) is 6.54 Å². The van der Waals surface area contributed by atoms with Crippen molar-refractivity contribution in [3.8, 4) is 0 Å². The Morgan fingerprint density at radius 2 is 2.24 bits per heavy atom. The summed E-state index contributed by atoms with van der Waals surface area (Å²) < 4.78 is 0. The van der Waals surface area contributed by atoms with Crippen LogP contribution >= 0.6 is 0 Å². The lowest BCUT2D eigenvalue weighted by molar-refractivity contribution is -0.142. The number of aryl methyl sites for hydroxylation is 1. The first-order valence-corrected chi connectivity index (χ1v) is 8.85. The molecule has 2 aromatic rings. The standard InChI is InChI=1S/C19H25N3O3/c1-13-5-4-6-15-14(11-21-18(13)15)8-9-20-17(24)12-22-10-3-2-7-16(23)19(22)25/h4-6,11,16,21,23H,2-3,7-10,12H2,1H3,(H,20,24). The molecule has 134 valence electrons. The summed E-state index contributed by atoms with van der Waals surface area (Å²) in [6.07, 6.45) is 3.86. The van der Waals surface area contributed by atoms with Gasteiger partial charge in [-0.05, 0) is 43.7 Å². The molecule has 0 bridgehead atoms. The Labute approximate surface area is 147 Å². The number of benzene rings is 1. The Morgan fingerprint density at radius 3 is 3.08 bits per heavy atom. The van der Waals surface area contributed by atoms with Crippen LogP contribution in [0.15, 0.2) is 24.4 Å². The number of aromatic amines is 1. The van der Waals surface area contributed by atoms with E-state index in [1.54, 1.807) is 0 Å². The van der Waals surface area contributed by atoms with Gasteiger partial charge in [-0.2, -0.15) is 0 Å². The van der Waals surface area contributed by atoms with Gasteiger partial charge in [0.1, 0.15) is 6.10 Å². The lowest BCUT2D eigenvalue weighted by atomic mass is 10.1. The van der Waals surface area contributed by atoms with Crippen LogP contribution in [0.5, 0.6) is 0 Å². The maximum Gasteiger partial charge on any atom is 0.251 e. The molecule has 0 radical (unpaired) electrons. The summed E-state index contributed by atoms with van der Waals surface area (Å²) in [6, 6.07) is 6.17. The van der Waals surface area contributed by atoms with E-state index < -0.39 is 6.10 Å². The lowest BCUT2D eigenvalue weighted by Gasteiger charge is -2.21. The van der Waals surface area contributed by atoms with Gasteiger partial charge in [-0.1, -0.05) is 18.2 Å². The summed E-state index contributed by atoms with van der Waals surface area (Å²) in [7, 11) is 0. The quantitative estimate of drug-likeness (QED) is 0.769. The smallest absolute Gasteiger partial charge is 0.251 e. The fourth-order valence-electron chi connectivity index (χ4n) is 3.38. The number of aliphatic hydroxyl groups excluding tert-OH is 1. The number of para-hydroxylation sites is 1. The van der Waals surface area contributed by atoms with Crippen molar-refractivity contribution in [1.29, 1.82) is 0 Å². The van der Waals surface area contributed by atoms with Gasteiger partial charge in [0, 0.05) is 30.2 Å². The topological polar surface area (TPSA) is 85.4 Å². The molecule has 1 fully saturated rings. The van der Waals surface area contributed by atoms with Crippen molar-refractivity contribution in [2.75, 3.05) is 19.6 Å². The van der Waals surface area contributed by atoms with E-state index in [1.807, 2.05) is 12.3 Å². The van der Waals surface area contributed by atoms with E-state index in [1.165, 1.54) is 21.4 Å². The molecule has 1 aliphatic heterocycles. The summed E-state index contributed by atoms with van der Waals surface area (Å²) in [5.74, 6) is -0.516. The van der Waals surface area contributed by atoms with Crippen molar-refractivity contribution >= 4 is 22.7 Å². The molecule has 3 N–H and O–H groups in total. The zero-order chi connectivity index (χ0) is 17.8. The van der Waals surface area contributed by atoms with E-state index in [0.717, 1.165) is 24.8 Å². The zero-order valence-electron chi connectivity index (χ0n) is 14.5. The first kappa shape index (κ1) is 17.5. The predicted octanol–water partition coefficient (Wildman–Crippen LogP) is 1.51. The molecule has 3 rings (SSSR count). The van der Waals surface area contributed by atoms with Crippen molar-refractivity contribution in [1.82, 2.24) is 15.2 Å².